The van der Waals surface area contributed by atoms with E-state index in [-0.39, 0.29) is 6.29 Å². The van der Waals surface area contributed by atoms with Gasteiger partial charge >= 0.3 is 0 Å². The molecule has 1 unspecified atom stereocenters. The van der Waals surface area contributed by atoms with Gasteiger partial charge in [0.25, 0.3) is 0 Å². The standard InChI is InChI=1S/C10H28N6/c11-4-1-7-15-10(14)16(8-2-5-12)9-3-6-13/h10,15H,1-9,11-14H2. The van der Waals surface area contributed by atoms with Gasteiger partial charge in [-0.05, 0) is 45.4 Å². The van der Waals surface area contributed by atoms with E-state index >= 15 is 0 Å². The third-order valence-electron chi connectivity index (χ3n) is 2.43. The van der Waals surface area contributed by atoms with E-state index in [1.165, 1.54) is 0 Å². The van der Waals surface area contributed by atoms with Crippen LogP contribution in [0.15, 0.2) is 0 Å². The molecule has 1 atom stereocenters. The van der Waals surface area contributed by atoms with Crippen molar-refractivity contribution in [1.29, 1.82) is 0 Å². The van der Waals surface area contributed by atoms with Crippen molar-refractivity contribution in [3.63, 3.8) is 0 Å². The molecule has 0 aromatic heterocycles. The van der Waals surface area contributed by atoms with E-state index in [1.54, 1.807) is 0 Å². The van der Waals surface area contributed by atoms with Crippen molar-refractivity contribution in [1.82, 2.24) is 10.2 Å². The van der Waals surface area contributed by atoms with Gasteiger partial charge in [0.2, 0.25) is 0 Å². The number of nitrogens with zero attached hydrogens (tertiary/aromatic N) is 1. The Hall–Kier alpha value is -0.240. The minimum atomic E-state index is -0.121. The van der Waals surface area contributed by atoms with Crippen LogP contribution in [0.2, 0.25) is 0 Å². The maximum absolute atomic E-state index is 6.03. The Morgan fingerprint density at radius 3 is 1.81 bits per heavy atom. The lowest BCUT2D eigenvalue weighted by Crippen LogP contribution is -2.53. The molecule has 0 amide bonds. The first-order valence-corrected chi connectivity index (χ1v) is 6.09. The van der Waals surface area contributed by atoms with Crippen LogP contribution in [0.1, 0.15) is 19.3 Å². The molecular formula is C10H28N6. The first kappa shape index (κ1) is 15.8. The summed E-state index contributed by atoms with van der Waals surface area (Å²) in [5.41, 5.74) is 22.5. The minimum Gasteiger partial charge on any atom is -0.330 e. The van der Waals surface area contributed by atoms with Gasteiger partial charge in [-0.25, -0.2) is 0 Å². The Kier molecular flexibility index (Phi) is 11.1. The molecule has 0 rings (SSSR count). The Morgan fingerprint density at radius 2 is 1.38 bits per heavy atom. The van der Waals surface area contributed by atoms with Crippen LogP contribution in [0.5, 0.6) is 0 Å². The van der Waals surface area contributed by atoms with Crippen molar-refractivity contribution in [2.45, 2.75) is 25.6 Å². The normalized spacial score (nSPS) is 13.3. The van der Waals surface area contributed by atoms with Gasteiger partial charge < -0.3 is 22.9 Å². The van der Waals surface area contributed by atoms with Crippen LogP contribution in [0.3, 0.4) is 0 Å². The van der Waals surface area contributed by atoms with E-state index in [1.807, 2.05) is 0 Å². The van der Waals surface area contributed by atoms with Gasteiger partial charge in [0.05, 0.1) is 0 Å². The van der Waals surface area contributed by atoms with Gasteiger partial charge in [0.15, 0.2) is 0 Å². The minimum absolute atomic E-state index is 0.121. The second kappa shape index (κ2) is 11.3. The van der Waals surface area contributed by atoms with E-state index in [9.17, 15) is 0 Å². The lowest BCUT2D eigenvalue weighted by Gasteiger charge is -2.29. The highest BCUT2D eigenvalue weighted by Crippen LogP contribution is 1.95. The molecule has 0 saturated carbocycles. The number of nitrogens with two attached hydrogens (primary N) is 4. The van der Waals surface area contributed by atoms with Crippen molar-refractivity contribution in [2.75, 3.05) is 39.3 Å². The van der Waals surface area contributed by atoms with Gasteiger partial charge in [-0.3, -0.25) is 10.2 Å². The molecule has 0 aromatic carbocycles. The molecule has 16 heavy (non-hydrogen) atoms. The van der Waals surface area contributed by atoms with Crippen molar-refractivity contribution in [3.05, 3.63) is 0 Å². The second-order valence-corrected chi connectivity index (χ2v) is 3.86. The summed E-state index contributed by atoms with van der Waals surface area (Å²) in [5.74, 6) is 0. The predicted molar refractivity (Wildman–Crippen MR) is 68.6 cm³/mol. The number of hydrogen-bond donors (Lipinski definition) is 5. The van der Waals surface area contributed by atoms with E-state index in [0.29, 0.717) is 19.6 Å². The molecular weight excluding hydrogens is 204 g/mol. The van der Waals surface area contributed by atoms with Crippen LogP contribution in [0.4, 0.5) is 0 Å². The fourth-order valence-electron chi connectivity index (χ4n) is 1.46. The van der Waals surface area contributed by atoms with Gasteiger partial charge in [-0.2, -0.15) is 0 Å². The number of rotatable bonds is 11. The molecule has 6 heteroatoms. The largest absolute Gasteiger partial charge is 0.330 e. The molecule has 6 nitrogen and oxygen atoms in total. The summed E-state index contributed by atoms with van der Waals surface area (Å²) < 4.78 is 0. The van der Waals surface area contributed by atoms with Gasteiger partial charge in [-0.1, -0.05) is 0 Å². The number of hydrogen-bond acceptors (Lipinski definition) is 6. The topological polar surface area (TPSA) is 119 Å². The van der Waals surface area contributed by atoms with Crippen LogP contribution >= 0.6 is 0 Å². The van der Waals surface area contributed by atoms with E-state index < -0.39 is 0 Å². The van der Waals surface area contributed by atoms with Crippen molar-refractivity contribution in [3.8, 4) is 0 Å². The molecule has 0 spiro atoms. The second-order valence-electron chi connectivity index (χ2n) is 3.86. The Bertz CT molecular complexity index is 135. The zero-order chi connectivity index (χ0) is 12.2. The van der Waals surface area contributed by atoms with Crippen LogP contribution < -0.4 is 28.3 Å². The Morgan fingerprint density at radius 1 is 0.875 bits per heavy atom. The molecule has 0 aliphatic rings. The highest BCUT2D eigenvalue weighted by molar-refractivity contribution is 4.65. The maximum atomic E-state index is 6.03. The molecule has 0 aliphatic heterocycles. The summed E-state index contributed by atoms with van der Waals surface area (Å²) in [5, 5.41) is 3.24. The van der Waals surface area contributed by atoms with Crippen LogP contribution in [0, 0.1) is 0 Å². The van der Waals surface area contributed by atoms with E-state index in [4.69, 9.17) is 22.9 Å². The molecule has 0 aliphatic carbocycles. The molecule has 98 valence electrons. The van der Waals surface area contributed by atoms with Gasteiger partial charge in [0, 0.05) is 13.1 Å². The average molecular weight is 232 g/mol. The lowest BCUT2D eigenvalue weighted by atomic mass is 10.3. The molecule has 0 heterocycles. The number of nitrogens with one attached hydrogen (secondary N) is 1. The zero-order valence-electron chi connectivity index (χ0n) is 10.2. The SMILES string of the molecule is NCCCNC(N)N(CCCN)CCCN. The van der Waals surface area contributed by atoms with E-state index in [2.05, 4.69) is 10.2 Å². The van der Waals surface area contributed by atoms with Crippen LogP contribution in [-0.2, 0) is 0 Å². The third-order valence-corrected chi connectivity index (χ3v) is 2.43. The first-order chi connectivity index (χ1) is 7.76. The maximum Gasteiger partial charge on any atom is 0.111 e. The monoisotopic (exact) mass is 232 g/mol. The van der Waals surface area contributed by atoms with Crippen molar-refractivity contribution < 1.29 is 0 Å². The van der Waals surface area contributed by atoms with Gasteiger partial charge in [-0.15, -0.1) is 0 Å². The van der Waals surface area contributed by atoms with Crippen LogP contribution in [-0.4, -0.2) is 50.5 Å². The van der Waals surface area contributed by atoms with Gasteiger partial charge in [0.1, 0.15) is 6.29 Å². The molecule has 0 saturated heterocycles. The Balaban J connectivity index is 3.83. The summed E-state index contributed by atoms with van der Waals surface area (Å²) >= 11 is 0. The van der Waals surface area contributed by atoms with Crippen molar-refractivity contribution in [2.24, 2.45) is 22.9 Å². The molecule has 0 bridgehead atoms. The van der Waals surface area contributed by atoms with Crippen molar-refractivity contribution >= 4 is 0 Å². The quantitative estimate of drug-likeness (QED) is 0.211. The predicted octanol–water partition coefficient (Wildman–Crippen LogP) is -1.83. The summed E-state index contributed by atoms with van der Waals surface area (Å²) in [6.07, 6.45) is 2.73. The molecule has 9 N–H and O–H groups in total. The summed E-state index contributed by atoms with van der Waals surface area (Å²) in [6, 6.07) is 0. The molecule has 0 radical (unpaired) electrons. The Labute approximate surface area is 98.7 Å². The third kappa shape index (κ3) is 7.98. The average Bonchev–Trinajstić information content (AvgIpc) is 2.29. The van der Waals surface area contributed by atoms with Crippen LogP contribution in [0.25, 0.3) is 0 Å². The summed E-state index contributed by atoms with van der Waals surface area (Å²) in [7, 11) is 0. The fourth-order valence-corrected chi connectivity index (χ4v) is 1.46. The highest BCUT2D eigenvalue weighted by Gasteiger charge is 2.11. The summed E-state index contributed by atoms with van der Waals surface area (Å²) in [6.45, 7) is 4.73. The van der Waals surface area contributed by atoms with E-state index in [0.717, 1.165) is 38.9 Å². The molecule has 0 aromatic rings. The zero-order valence-corrected chi connectivity index (χ0v) is 10.2. The fraction of sp³-hybridized carbons (Fsp3) is 1.00. The smallest absolute Gasteiger partial charge is 0.111 e. The lowest BCUT2D eigenvalue weighted by molar-refractivity contribution is 0.166. The molecule has 0 fully saturated rings. The summed E-state index contributed by atoms with van der Waals surface area (Å²) in [4.78, 5) is 2.18. The highest BCUT2D eigenvalue weighted by atomic mass is 15.3. The first-order valence-electron chi connectivity index (χ1n) is 6.09.